The van der Waals surface area contributed by atoms with Crippen molar-refractivity contribution in [3.8, 4) is 11.5 Å². The molecule has 6 heteroatoms. The second-order valence-electron chi connectivity index (χ2n) is 6.61. The maximum absolute atomic E-state index is 12.1. The molecule has 2 rings (SSSR count). The summed E-state index contributed by atoms with van der Waals surface area (Å²) in [6, 6.07) is 11.5. The minimum atomic E-state index is -0.320. The molecule has 3 N–H and O–H groups in total. The van der Waals surface area contributed by atoms with Gasteiger partial charge in [0.25, 0.3) is 5.91 Å². The molecule has 132 valence electrons. The van der Waals surface area contributed by atoms with Crippen LogP contribution in [0.2, 0.25) is 0 Å². The Labute approximate surface area is 146 Å². The third-order valence-electron chi connectivity index (χ3n) is 3.53. The standard InChI is InChI=1S/C19H22N2O4/c1-19(2,3)16-9-6-14(20-12-22)10-17(16)25-11-18(24)21-13-4-7-15(23)8-5-13/h4-10,12,23H,11H2,1-3H3,(H,20,22)(H,21,24). The highest BCUT2D eigenvalue weighted by Crippen LogP contribution is 2.33. The first kappa shape index (κ1) is 18.3. The lowest BCUT2D eigenvalue weighted by molar-refractivity contribution is -0.118. The minimum absolute atomic E-state index is 0.128. The second-order valence-corrected chi connectivity index (χ2v) is 6.61. The van der Waals surface area contributed by atoms with Gasteiger partial charge in [-0.3, -0.25) is 9.59 Å². The van der Waals surface area contributed by atoms with Gasteiger partial charge in [0.1, 0.15) is 11.5 Å². The number of aromatic hydroxyl groups is 1. The number of carbonyl (C=O) groups excluding carboxylic acids is 2. The molecule has 2 aromatic rings. The van der Waals surface area contributed by atoms with Crippen LogP contribution >= 0.6 is 0 Å². The van der Waals surface area contributed by atoms with Gasteiger partial charge in [-0.15, -0.1) is 0 Å². The molecule has 2 amide bonds. The number of anilines is 2. The average molecular weight is 342 g/mol. The van der Waals surface area contributed by atoms with E-state index in [-0.39, 0.29) is 23.7 Å². The molecular weight excluding hydrogens is 320 g/mol. The SMILES string of the molecule is CC(C)(C)c1ccc(NC=O)cc1OCC(=O)Nc1ccc(O)cc1. The Morgan fingerprint density at radius 2 is 1.76 bits per heavy atom. The number of amides is 2. The van der Waals surface area contributed by atoms with Crippen molar-refractivity contribution in [1.29, 1.82) is 0 Å². The number of carbonyl (C=O) groups is 2. The number of ether oxygens (including phenoxy) is 1. The van der Waals surface area contributed by atoms with E-state index in [0.29, 0.717) is 23.5 Å². The Balaban J connectivity index is 2.09. The zero-order valence-electron chi connectivity index (χ0n) is 14.5. The molecule has 0 aromatic heterocycles. The lowest BCUT2D eigenvalue weighted by Gasteiger charge is -2.23. The van der Waals surface area contributed by atoms with Crippen LogP contribution in [0.4, 0.5) is 11.4 Å². The molecule has 0 bridgehead atoms. The van der Waals surface area contributed by atoms with E-state index in [1.54, 1.807) is 24.3 Å². The second kappa shape index (κ2) is 7.70. The number of hydrogen-bond donors (Lipinski definition) is 3. The van der Waals surface area contributed by atoms with Gasteiger partial charge in [0, 0.05) is 17.4 Å². The van der Waals surface area contributed by atoms with Gasteiger partial charge in [-0.1, -0.05) is 26.8 Å². The number of phenols is 1. The lowest BCUT2D eigenvalue weighted by Crippen LogP contribution is -2.22. The number of benzene rings is 2. The summed E-state index contributed by atoms with van der Waals surface area (Å²) in [5.41, 5.74) is 1.92. The lowest BCUT2D eigenvalue weighted by atomic mass is 9.86. The zero-order chi connectivity index (χ0) is 18.4. The summed E-state index contributed by atoms with van der Waals surface area (Å²) in [6.45, 7) is 5.95. The van der Waals surface area contributed by atoms with Gasteiger partial charge in [-0.2, -0.15) is 0 Å². The van der Waals surface area contributed by atoms with Gasteiger partial charge in [0.15, 0.2) is 6.61 Å². The molecule has 0 spiro atoms. The summed E-state index contributed by atoms with van der Waals surface area (Å²) in [7, 11) is 0. The molecule has 6 nitrogen and oxygen atoms in total. The Bertz CT molecular complexity index is 749. The van der Waals surface area contributed by atoms with Crippen molar-refractivity contribution in [1.82, 2.24) is 0 Å². The molecule has 25 heavy (non-hydrogen) atoms. The number of nitrogens with one attached hydrogen (secondary N) is 2. The van der Waals surface area contributed by atoms with Crippen molar-refractivity contribution < 1.29 is 19.4 Å². The van der Waals surface area contributed by atoms with Crippen molar-refractivity contribution in [2.75, 3.05) is 17.2 Å². The van der Waals surface area contributed by atoms with Gasteiger partial charge in [0.05, 0.1) is 0 Å². The van der Waals surface area contributed by atoms with E-state index in [1.165, 1.54) is 12.1 Å². The molecule has 0 saturated carbocycles. The van der Waals surface area contributed by atoms with Crippen molar-refractivity contribution in [2.24, 2.45) is 0 Å². The summed E-state index contributed by atoms with van der Waals surface area (Å²) >= 11 is 0. The van der Waals surface area contributed by atoms with Crippen LogP contribution < -0.4 is 15.4 Å². The normalized spacial score (nSPS) is 10.8. The summed E-state index contributed by atoms with van der Waals surface area (Å²) < 4.78 is 5.69. The van der Waals surface area contributed by atoms with Crippen LogP contribution in [0.15, 0.2) is 42.5 Å². The first-order chi connectivity index (χ1) is 11.8. The maximum atomic E-state index is 12.1. The third kappa shape index (κ3) is 5.24. The molecule has 0 fully saturated rings. The molecule has 2 aromatic carbocycles. The molecule has 0 heterocycles. The molecule has 0 unspecified atom stereocenters. The number of phenolic OH excluding ortho intramolecular Hbond substituents is 1. The predicted octanol–water partition coefficient (Wildman–Crippen LogP) is 3.28. The average Bonchev–Trinajstić information content (AvgIpc) is 2.54. The fraction of sp³-hybridized carbons (Fsp3) is 0.263. The van der Waals surface area contributed by atoms with Crippen LogP contribution in [-0.2, 0) is 15.0 Å². The van der Waals surface area contributed by atoms with Crippen LogP contribution in [0.1, 0.15) is 26.3 Å². The molecular formula is C19H22N2O4. The Morgan fingerprint density at radius 3 is 2.36 bits per heavy atom. The molecule has 0 saturated heterocycles. The molecule has 0 aliphatic rings. The van der Waals surface area contributed by atoms with Crippen molar-refractivity contribution in [2.45, 2.75) is 26.2 Å². The van der Waals surface area contributed by atoms with E-state index >= 15 is 0 Å². The maximum Gasteiger partial charge on any atom is 0.262 e. The Kier molecular flexibility index (Phi) is 5.64. The fourth-order valence-electron chi connectivity index (χ4n) is 2.30. The van der Waals surface area contributed by atoms with E-state index in [1.807, 2.05) is 26.8 Å². The first-order valence-electron chi connectivity index (χ1n) is 7.86. The summed E-state index contributed by atoms with van der Waals surface area (Å²) in [5.74, 6) is 0.350. The van der Waals surface area contributed by atoms with Crippen LogP contribution in [0, 0.1) is 0 Å². The van der Waals surface area contributed by atoms with Gasteiger partial charge < -0.3 is 20.5 Å². The molecule has 0 atom stereocenters. The zero-order valence-corrected chi connectivity index (χ0v) is 14.5. The van der Waals surface area contributed by atoms with Gasteiger partial charge >= 0.3 is 0 Å². The van der Waals surface area contributed by atoms with E-state index in [4.69, 9.17) is 4.74 Å². The predicted molar refractivity (Wildman–Crippen MR) is 97.1 cm³/mol. The van der Waals surface area contributed by atoms with Crippen LogP contribution in [0.3, 0.4) is 0 Å². The van der Waals surface area contributed by atoms with Crippen molar-refractivity contribution in [3.63, 3.8) is 0 Å². The number of hydrogen-bond acceptors (Lipinski definition) is 4. The quantitative estimate of drug-likeness (QED) is 0.555. The summed E-state index contributed by atoms with van der Waals surface area (Å²) in [5, 5.41) is 14.5. The Hall–Kier alpha value is -3.02. The topological polar surface area (TPSA) is 87.7 Å². The van der Waals surface area contributed by atoms with Gasteiger partial charge in [0.2, 0.25) is 6.41 Å². The summed E-state index contributed by atoms with van der Waals surface area (Å²) in [4.78, 5) is 22.7. The summed E-state index contributed by atoms with van der Waals surface area (Å²) in [6.07, 6.45) is 0.591. The van der Waals surface area contributed by atoms with E-state index in [9.17, 15) is 14.7 Å². The molecule has 0 aliphatic heterocycles. The molecule has 0 aliphatic carbocycles. The van der Waals surface area contributed by atoms with Gasteiger partial charge in [-0.25, -0.2) is 0 Å². The van der Waals surface area contributed by atoms with Crippen LogP contribution in [0.25, 0.3) is 0 Å². The van der Waals surface area contributed by atoms with E-state index in [0.717, 1.165) is 5.56 Å². The number of rotatable bonds is 6. The highest BCUT2D eigenvalue weighted by atomic mass is 16.5. The van der Waals surface area contributed by atoms with Crippen molar-refractivity contribution in [3.05, 3.63) is 48.0 Å². The first-order valence-corrected chi connectivity index (χ1v) is 7.86. The minimum Gasteiger partial charge on any atom is -0.508 e. The molecule has 0 radical (unpaired) electrons. The smallest absolute Gasteiger partial charge is 0.262 e. The van der Waals surface area contributed by atoms with Crippen LogP contribution in [-0.4, -0.2) is 24.0 Å². The highest BCUT2D eigenvalue weighted by Gasteiger charge is 2.20. The van der Waals surface area contributed by atoms with Crippen LogP contribution in [0.5, 0.6) is 11.5 Å². The highest BCUT2D eigenvalue weighted by molar-refractivity contribution is 5.92. The monoisotopic (exact) mass is 342 g/mol. The van der Waals surface area contributed by atoms with Crippen molar-refractivity contribution >= 4 is 23.7 Å². The largest absolute Gasteiger partial charge is 0.508 e. The Morgan fingerprint density at radius 1 is 1.12 bits per heavy atom. The van der Waals surface area contributed by atoms with Gasteiger partial charge in [-0.05, 0) is 41.3 Å². The fourth-order valence-corrected chi connectivity index (χ4v) is 2.30. The van der Waals surface area contributed by atoms with E-state index in [2.05, 4.69) is 10.6 Å². The third-order valence-corrected chi connectivity index (χ3v) is 3.53. The van der Waals surface area contributed by atoms with E-state index < -0.39 is 0 Å².